The van der Waals surface area contributed by atoms with E-state index in [1.54, 1.807) is 37.5 Å². The molecule has 0 unspecified atom stereocenters. The van der Waals surface area contributed by atoms with Gasteiger partial charge in [-0.1, -0.05) is 18.2 Å². The van der Waals surface area contributed by atoms with E-state index in [9.17, 15) is 14.4 Å². The maximum Gasteiger partial charge on any atom is 0.328 e. The van der Waals surface area contributed by atoms with E-state index in [0.29, 0.717) is 6.54 Å². The number of benzene rings is 1. The van der Waals surface area contributed by atoms with Crippen LogP contribution in [0.5, 0.6) is 5.75 Å². The van der Waals surface area contributed by atoms with Crippen LogP contribution in [-0.2, 0) is 25.7 Å². The molecular formula is C20H22N2O5S. The SMILES string of the molecule is COc1ccc(/C=C/C(=O)N[C@@H](C)C(=O)OCC(=O)NCc2cccs2)cc1. The summed E-state index contributed by atoms with van der Waals surface area (Å²) in [5.74, 6) is -0.808. The number of hydrogen-bond acceptors (Lipinski definition) is 6. The molecule has 0 fully saturated rings. The molecule has 0 aliphatic rings. The van der Waals surface area contributed by atoms with Crippen LogP contribution in [0.3, 0.4) is 0 Å². The largest absolute Gasteiger partial charge is 0.497 e. The molecule has 0 saturated heterocycles. The molecule has 0 aliphatic carbocycles. The third-order valence-electron chi connectivity index (χ3n) is 3.64. The average molecular weight is 402 g/mol. The van der Waals surface area contributed by atoms with Crippen molar-refractivity contribution >= 4 is 35.2 Å². The molecule has 2 N–H and O–H groups in total. The van der Waals surface area contributed by atoms with Crippen LogP contribution in [0.25, 0.3) is 6.08 Å². The fraction of sp³-hybridized carbons (Fsp3) is 0.250. The smallest absolute Gasteiger partial charge is 0.328 e. The number of amides is 2. The summed E-state index contributed by atoms with van der Waals surface area (Å²) in [4.78, 5) is 36.5. The summed E-state index contributed by atoms with van der Waals surface area (Å²) in [5, 5.41) is 7.06. The predicted molar refractivity (Wildman–Crippen MR) is 107 cm³/mol. The maximum absolute atomic E-state index is 11.9. The highest BCUT2D eigenvalue weighted by Gasteiger charge is 2.17. The molecule has 28 heavy (non-hydrogen) atoms. The zero-order valence-corrected chi connectivity index (χ0v) is 16.5. The second kappa shape index (κ2) is 10.9. The Morgan fingerprint density at radius 1 is 1.18 bits per heavy atom. The Balaban J connectivity index is 1.70. The van der Waals surface area contributed by atoms with Gasteiger partial charge >= 0.3 is 5.97 Å². The van der Waals surface area contributed by atoms with Gasteiger partial charge in [0.25, 0.3) is 5.91 Å². The maximum atomic E-state index is 11.9. The number of thiophene rings is 1. The van der Waals surface area contributed by atoms with Crippen LogP contribution in [0.4, 0.5) is 0 Å². The summed E-state index contributed by atoms with van der Waals surface area (Å²) < 4.78 is 9.99. The van der Waals surface area contributed by atoms with Crippen molar-refractivity contribution in [1.82, 2.24) is 10.6 Å². The molecule has 1 aromatic carbocycles. The van der Waals surface area contributed by atoms with Gasteiger partial charge in [0.05, 0.1) is 13.7 Å². The summed E-state index contributed by atoms with van der Waals surface area (Å²) in [7, 11) is 1.58. The van der Waals surface area contributed by atoms with Crippen molar-refractivity contribution in [3.8, 4) is 5.75 Å². The van der Waals surface area contributed by atoms with Crippen molar-refractivity contribution in [3.63, 3.8) is 0 Å². The molecule has 2 rings (SSSR count). The fourth-order valence-electron chi connectivity index (χ4n) is 2.12. The number of ether oxygens (including phenoxy) is 2. The molecule has 0 bridgehead atoms. The van der Waals surface area contributed by atoms with Crippen LogP contribution in [0.15, 0.2) is 47.9 Å². The standard InChI is InChI=1S/C20H22N2O5S/c1-14(20(25)27-13-19(24)21-12-17-4-3-11-28-17)22-18(23)10-7-15-5-8-16(26-2)9-6-15/h3-11,14H,12-13H2,1-2H3,(H,21,24)(H,22,23)/b10-7+/t14-/m0/s1. The van der Waals surface area contributed by atoms with E-state index in [1.807, 2.05) is 17.5 Å². The number of carbonyl (C=O) groups excluding carboxylic acids is 3. The lowest BCUT2D eigenvalue weighted by atomic mass is 10.2. The van der Waals surface area contributed by atoms with Crippen LogP contribution in [0.2, 0.25) is 0 Å². The van der Waals surface area contributed by atoms with Crippen molar-refractivity contribution in [2.24, 2.45) is 0 Å². The minimum absolute atomic E-state index is 0.385. The third kappa shape index (κ3) is 7.24. The molecule has 2 amide bonds. The lowest BCUT2D eigenvalue weighted by Gasteiger charge is -2.12. The van der Waals surface area contributed by atoms with Gasteiger partial charge < -0.3 is 20.1 Å². The highest BCUT2D eigenvalue weighted by atomic mass is 32.1. The second-order valence-corrected chi connectivity index (χ2v) is 6.83. The number of methoxy groups -OCH3 is 1. The molecule has 0 radical (unpaired) electrons. The molecule has 1 heterocycles. The van der Waals surface area contributed by atoms with E-state index < -0.39 is 30.4 Å². The Hall–Kier alpha value is -3.13. The van der Waals surface area contributed by atoms with Gasteiger partial charge in [0.1, 0.15) is 11.8 Å². The van der Waals surface area contributed by atoms with Crippen LogP contribution < -0.4 is 15.4 Å². The molecule has 1 atom stereocenters. The van der Waals surface area contributed by atoms with Crippen LogP contribution >= 0.6 is 11.3 Å². The quantitative estimate of drug-likeness (QED) is 0.495. The molecule has 0 spiro atoms. The molecule has 7 nitrogen and oxygen atoms in total. The summed E-state index contributed by atoms with van der Waals surface area (Å²) >= 11 is 1.52. The Labute approximate surface area is 167 Å². The summed E-state index contributed by atoms with van der Waals surface area (Å²) in [6.07, 6.45) is 2.93. The van der Waals surface area contributed by atoms with Gasteiger partial charge in [-0.05, 0) is 42.1 Å². The monoisotopic (exact) mass is 402 g/mol. The Morgan fingerprint density at radius 2 is 1.93 bits per heavy atom. The van der Waals surface area contributed by atoms with Crippen LogP contribution in [0, 0.1) is 0 Å². The first-order valence-electron chi connectivity index (χ1n) is 8.56. The summed E-state index contributed by atoms with van der Waals surface area (Å²) in [5.41, 5.74) is 0.814. The Bertz CT molecular complexity index is 816. The minimum Gasteiger partial charge on any atom is -0.497 e. The van der Waals surface area contributed by atoms with Gasteiger partial charge in [-0.25, -0.2) is 4.79 Å². The highest BCUT2D eigenvalue weighted by Crippen LogP contribution is 2.12. The van der Waals surface area contributed by atoms with Crippen molar-refractivity contribution in [2.75, 3.05) is 13.7 Å². The van der Waals surface area contributed by atoms with Crippen molar-refractivity contribution < 1.29 is 23.9 Å². The number of carbonyl (C=O) groups is 3. The van der Waals surface area contributed by atoms with Crippen LogP contribution in [0.1, 0.15) is 17.4 Å². The first-order chi connectivity index (χ1) is 13.5. The van der Waals surface area contributed by atoms with Gasteiger partial charge in [-0.15, -0.1) is 11.3 Å². The van der Waals surface area contributed by atoms with E-state index in [1.165, 1.54) is 24.3 Å². The molecule has 1 aromatic heterocycles. The fourth-order valence-corrected chi connectivity index (χ4v) is 2.76. The second-order valence-electron chi connectivity index (χ2n) is 5.80. The number of hydrogen-bond donors (Lipinski definition) is 2. The average Bonchev–Trinajstić information content (AvgIpc) is 3.22. The first kappa shape index (κ1) is 21.2. The number of nitrogens with one attached hydrogen (secondary N) is 2. The van der Waals surface area contributed by atoms with E-state index in [4.69, 9.17) is 9.47 Å². The number of rotatable bonds is 9. The molecule has 0 aliphatic heterocycles. The van der Waals surface area contributed by atoms with E-state index in [0.717, 1.165) is 16.2 Å². The normalized spacial score (nSPS) is 11.6. The van der Waals surface area contributed by atoms with Gasteiger partial charge in [-0.3, -0.25) is 9.59 Å². The Morgan fingerprint density at radius 3 is 2.57 bits per heavy atom. The van der Waals surface area contributed by atoms with E-state index in [-0.39, 0.29) is 0 Å². The highest BCUT2D eigenvalue weighted by molar-refractivity contribution is 7.09. The van der Waals surface area contributed by atoms with Gasteiger partial charge in [0.2, 0.25) is 5.91 Å². The van der Waals surface area contributed by atoms with E-state index in [2.05, 4.69) is 10.6 Å². The molecule has 0 saturated carbocycles. The lowest BCUT2D eigenvalue weighted by molar-refractivity contribution is -0.151. The summed E-state index contributed by atoms with van der Waals surface area (Å²) in [6, 6.07) is 10.1. The number of esters is 1. The summed E-state index contributed by atoms with van der Waals surface area (Å²) in [6.45, 7) is 1.48. The molecular weight excluding hydrogens is 380 g/mol. The zero-order chi connectivity index (χ0) is 20.4. The van der Waals surface area contributed by atoms with Crippen molar-refractivity contribution in [1.29, 1.82) is 0 Å². The van der Waals surface area contributed by atoms with Gasteiger partial charge in [-0.2, -0.15) is 0 Å². The topological polar surface area (TPSA) is 93.7 Å². The predicted octanol–water partition coefficient (Wildman–Crippen LogP) is 2.13. The molecule has 8 heteroatoms. The van der Waals surface area contributed by atoms with Gasteiger partial charge in [0.15, 0.2) is 6.61 Å². The third-order valence-corrected chi connectivity index (χ3v) is 4.52. The molecule has 2 aromatic rings. The van der Waals surface area contributed by atoms with Crippen molar-refractivity contribution in [3.05, 3.63) is 58.3 Å². The van der Waals surface area contributed by atoms with Crippen LogP contribution in [-0.4, -0.2) is 37.5 Å². The minimum atomic E-state index is -0.877. The Kier molecular flexibility index (Phi) is 8.23. The van der Waals surface area contributed by atoms with Gasteiger partial charge in [0, 0.05) is 11.0 Å². The first-order valence-corrected chi connectivity index (χ1v) is 9.44. The van der Waals surface area contributed by atoms with E-state index >= 15 is 0 Å². The lowest BCUT2D eigenvalue weighted by Crippen LogP contribution is -2.40. The molecule has 148 valence electrons. The van der Waals surface area contributed by atoms with Crippen molar-refractivity contribution in [2.45, 2.75) is 19.5 Å². The zero-order valence-electron chi connectivity index (χ0n) is 15.6.